The Bertz CT molecular complexity index is 1840. The lowest BCUT2D eigenvalue weighted by Crippen LogP contribution is -2.42. The minimum atomic E-state index is -5.08. The van der Waals surface area contributed by atoms with Crippen LogP contribution in [0.4, 0.5) is 18.9 Å². The van der Waals surface area contributed by atoms with Crippen molar-refractivity contribution in [3.05, 3.63) is 90.6 Å². The molecule has 4 rings (SSSR count). The van der Waals surface area contributed by atoms with Gasteiger partial charge in [0.15, 0.2) is 9.84 Å². The van der Waals surface area contributed by atoms with Gasteiger partial charge in [-0.3, -0.25) is 4.72 Å². The van der Waals surface area contributed by atoms with E-state index < -0.39 is 38.1 Å². The topological polar surface area (TPSA) is 155 Å². The number of nitrogens with zero attached hydrogens (tertiary/aromatic N) is 1. The van der Waals surface area contributed by atoms with Gasteiger partial charge in [-0.15, -0.1) is 0 Å². The van der Waals surface area contributed by atoms with Crippen LogP contribution >= 0.6 is 0 Å². The number of alkyl halides is 3. The highest BCUT2D eigenvalue weighted by Crippen LogP contribution is 2.24. The number of aryl methyl sites for hydroxylation is 1. The van der Waals surface area contributed by atoms with Crippen molar-refractivity contribution in [2.24, 2.45) is 0 Å². The number of hydrogen-bond donors (Lipinski definition) is 4. The molecule has 45 heavy (non-hydrogen) atoms. The third-order valence-corrected chi connectivity index (χ3v) is 9.25. The molecule has 0 bridgehead atoms. The number of hydrogen-bond acceptors (Lipinski definition) is 7. The van der Waals surface area contributed by atoms with Crippen molar-refractivity contribution in [3.8, 4) is 0 Å². The number of aromatic nitrogens is 1. The lowest BCUT2D eigenvalue weighted by Gasteiger charge is -2.28. The summed E-state index contributed by atoms with van der Waals surface area (Å²) in [5, 5.41) is 22.2. The second-order valence-corrected chi connectivity index (χ2v) is 14.6. The fraction of sp³-hybridized carbons (Fsp3) is 0.300. The monoisotopic (exact) mass is 669 g/mol. The smallest absolute Gasteiger partial charge is 0.475 e. The summed E-state index contributed by atoms with van der Waals surface area (Å²) in [6.07, 6.45) is -2.01. The fourth-order valence-electron chi connectivity index (χ4n) is 4.21. The number of β-amino-alcohol motifs (C(OH)–C–C–N with tert-alkyl or cyclic N) is 1. The van der Waals surface area contributed by atoms with E-state index in [0.717, 1.165) is 17.3 Å². The molecule has 0 unspecified atom stereocenters. The zero-order chi connectivity index (χ0) is 33.6. The van der Waals surface area contributed by atoms with E-state index in [1.54, 1.807) is 54.6 Å². The molecule has 4 N–H and O–H groups in total. The van der Waals surface area contributed by atoms with Crippen molar-refractivity contribution < 1.29 is 45.0 Å². The first-order valence-corrected chi connectivity index (χ1v) is 16.9. The number of aliphatic hydroxyl groups excluding tert-OH is 1. The van der Waals surface area contributed by atoms with Crippen molar-refractivity contribution >= 4 is 42.4 Å². The Morgan fingerprint density at radius 1 is 0.911 bits per heavy atom. The molecule has 3 aromatic carbocycles. The fourth-order valence-corrected chi connectivity index (χ4v) is 5.93. The Balaban J connectivity index is 0.000000707. The number of anilines is 1. The van der Waals surface area contributed by atoms with E-state index >= 15 is 0 Å². The summed E-state index contributed by atoms with van der Waals surface area (Å²) >= 11 is 0. The van der Waals surface area contributed by atoms with Crippen LogP contribution in [0.25, 0.3) is 10.9 Å². The number of benzene rings is 3. The highest BCUT2D eigenvalue weighted by molar-refractivity contribution is 7.92. The minimum Gasteiger partial charge on any atom is -0.475 e. The maximum absolute atomic E-state index is 12.6. The van der Waals surface area contributed by atoms with Gasteiger partial charge in [0.25, 0.3) is 10.0 Å². The first-order chi connectivity index (χ1) is 20.8. The Kier molecular flexibility index (Phi) is 11.1. The molecular formula is C30H34F3N3O7S2. The molecule has 4 aromatic rings. The second-order valence-electron chi connectivity index (χ2n) is 10.9. The summed E-state index contributed by atoms with van der Waals surface area (Å²) < 4.78 is 85.4. The van der Waals surface area contributed by atoms with Gasteiger partial charge >= 0.3 is 12.1 Å². The molecule has 1 aromatic heterocycles. The van der Waals surface area contributed by atoms with Crippen LogP contribution in [0.3, 0.4) is 0 Å². The largest absolute Gasteiger partial charge is 0.490 e. The standard InChI is InChI=1S/C28H33N3O5S2.C2HF3O2/c1-28(2,15-17-31-16-14-21-19-25(37(3,33)34)12-13-26(21)31)29-20-27(32)22-8-7-9-23(18-22)30-38(35,36)24-10-5-4-6-11-24;3-2(4,5)1(6)7/h4-14,16,18-19,27,29-30,32H,15,17,20H2,1-3H3;(H,6,7)/t27-;/m0./s1. The van der Waals surface area contributed by atoms with E-state index in [0.29, 0.717) is 22.7 Å². The number of carbonyl (C=O) groups is 1. The number of sulfonamides is 1. The van der Waals surface area contributed by atoms with Crippen molar-refractivity contribution in [2.45, 2.75) is 54.4 Å². The van der Waals surface area contributed by atoms with Gasteiger partial charge in [0, 0.05) is 47.7 Å². The van der Waals surface area contributed by atoms with E-state index in [4.69, 9.17) is 9.90 Å². The summed E-state index contributed by atoms with van der Waals surface area (Å²) in [4.78, 5) is 9.36. The number of nitrogens with one attached hydrogen (secondary N) is 2. The number of carboxylic acids is 1. The Hall–Kier alpha value is -3.92. The van der Waals surface area contributed by atoms with Gasteiger partial charge in [0.2, 0.25) is 0 Å². The molecule has 0 fully saturated rings. The zero-order valence-electron chi connectivity index (χ0n) is 24.6. The van der Waals surface area contributed by atoms with Gasteiger partial charge in [-0.1, -0.05) is 30.3 Å². The quantitative estimate of drug-likeness (QED) is 0.175. The third-order valence-electron chi connectivity index (χ3n) is 6.74. The predicted octanol–water partition coefficient (Wildman–Crippen LogP) is 4.97. The Morgan fingerprint density at radius 2 is 1.56 bits per heavy atom. The molecule has 0 aliphatic carbocycles. The first-order valence-electron chi connectivity index (χ1n) is 13.5. The number of aliphatic hydroxyl groups is 1. The van der Waals surface area contributed by atoms with Gasteiger partial charge in [-0.2, -0.15) is 13.2 Å². The summed E-state index contributed by atoms with van der Waals surface area (Å²) in [6, 6.07) is 21.9. The average Bonchev–Trinajstić information content (AvgIpc) is 3.37. The highest BCUT2D eigenvalue weighted by atomic mass is 32.2. The molecule has 0 saturated carbocycles. The lowest BCUT2D eigenvalue weighted by atomic mass is 9.99. The van der Waals surface area contributed by atoms with Gasteiger partial charge in [0.05, 0.1) is 15.9 Å². The van der Waals surface area contributed by atoms with E-state index in [9.17, 15) is 35.1 Å². The molecule has 0 radical (unpaired) electrons. The van der Waals surface area contributed by atoms with Crippen molar-refractivity contribution in [1.29, 1.82) is 0 Å². The van der Waals surface area contributed by atoms with Gasteiger partial charge in [-0.25, -0.2) is 21.6 Å². The molecule has 0 amide bonds. The van der Waals surface area contributed by atoms with E-state index in [2.05, 4.69) is 28.5 Å². The van der Waals surface area contributed by atoms with Crippen LogP contribution in [0.5, 0.6) is 0 Å². The van der Waals surface area contributed by atoms with E-state index in [1.807, 2.05) is 18.3 Å². The van der Waals surface area contributed by atoms with Crippen molar-refractivity contribution in [2.75, 3.05) is 17.5 Å². The summed E-state index contributed by atoms with van der Waals surface area (Å²) in [6.45, 7) is 5.09. The molecule has 244 valence electrons. The van der Waals surface area contributed by atoms with E-state index in [1.165, 1.54) is 18.4 Å². The van der Waals surface area contributed by atoms with Gasteiger partial charge < -0.3 is 20.1 Å². The number of carboxylic acid groups (broad SMARTS) is 1. The molecule has 0 spiro atoms. The molecule has 1 atom stereocenters. The lowest BCUT2D eigenvalue weighted by molar-refractivity contribution is -0.192. The molecule has 0 saturated heterocycles. The number of halogens is 3. The van der Waals surface area contributed by atoms with Crippen LogP contribution in [0, 0.1) is 0 Å². The minimum absolute atomic E-state index is 0.167. The van der Waals surface area contributed by atoms with Gasteiger partial charge in [0.1, 0.15) is 0 Å². The molecular weight excluding hydrogens is 635 g/mol. The highest BCUT2D eigenvalue weighted by Gasteiger charge is 2.38. The average molecular weight is 670 g/mol. The van der Waals surface area contributed by atoms with Crippen LogP contribution in [-0.4, -0.2) is 62.1 Å². The first kappa shape index (κ1) is 35.6. The third kappa shape index (κ3) is 10.3. The summed E-state index contributed by atoms with van der Waals surface area (Å²) in [5.74, 6) is -2.76. The SMILES string of the molecule is CC(C)(CCn1ccc2cc(S(C)(=O)=O)ccc21)NC[C@H](O)c1cccc(NS(=O)(=O)c2ccccc2)c1.O=C(O)C(F)(F)F. The summed E-state index contributed by atoms with van der Waals surface area (Å²) in [5.41, 5.74) is 1.63. The van der Waals surface area contributed by atoms with Crippen LogP contribution in [0.15, 0.2) is 94.9 Å². The normalized spacial score (nSPS) is 13.1. The van der Waals surface area contributed by atoms with Gasteiger partial charge in [-0.05, 0) is 74.4 Å². The van der Waals surface area contributed by atoms with Crippen LogP contribution < -0.4 is 10.0 Å². The van der Waals surface area contributed by atoms with Crippen LogP contribution in [0.2, 0.25) is 0 Å². The summed E-state index contributed by atoms with van der Waals surface area (Å²) in [7, 11) is -6.99. The zero-order valence-corrected chi connectivity index (χ0v) is 26.2. The maximum atomic E-state index is 12.6. The number of aliphatic carboxylic acids is 1. The number of sulfone groups is 1. The molecule has 10 nitrogen and oxygen atoms in total. The number of fused-ring (bicyclic) bond motifs is 1. The number of rotatable bonds is 11. The maximum Gasteiger partial charge on any atom is 0.490 e. The van der Waals surface area contributed by atoms with E-state index in [-0.39, 0.29) is 17.0 Å². The Morgan fingerprint density at radius 3 is 2.16 bits per heavy atom. The molecule has 15 heteroatoms. The Labute approximate surface area is 259 Å². The predicted molar refractivity (Wildman–Crippen MR) is 164 cm³/mol. The van der Waals surface area contributed by atoms with Crippen LogP contribution in [-0.2, 0) is 31.2 Å². The van der Waals surface area contributed by atoms with Crippen LogP contribution in [0.1, 0.15) is 31.9 Å². The van der Waals surface area contributed by atoms with Crippen molar-refractivity contribution in [3.63, 3.8) is 0 Å². The second kappa shape index (κ2) is 14.0. The molecule has 0 aliphatic heterocycles. The molecule has 0 aliphatic rings. The van der Waals surface area contributed by atoms with Crippen molar-refractivity contribution in [1.82, 2.24) is 9.88 Å². The molecule has 1 heterocycles.